The van der Waals surface area contributed by atoms with Crippen molar-refractivity contribution in [3.8, 4) is 0 Å². The predicted molar refractivity (Wildman–Crippen MR) is 107 cm³/mol. The van der Waals surface area contributed by atoms with Crippen LogP contribution in [0.3, 0.4) is 0 Å². The van der Waals surface area contributed by atoms with Gasteiger partial charge >= 0.3 is 0 Å². The Balaban J connectivity index is 2.45. The highest BCUT2D eigenvalue weighted by atomic mass is 15.1. The number of nitrogens with zero attached hydrogens (tertiary/aromatic N) is 1. The zero-order valence-electron chi connectivity index (χ0n) is 15.6. The molecule has 0 aromatic carbocycles. The van der Waals surface area contributed by atoms with Gasteiger partial charge in [0.15, 0.2) is 0 Å². The van der Waals surface area contributed by atoms with Crippen LogP contribution in [0.2, 0.25) is 0 Å². The van der Waals surface area contributed by atoms with Crippen LogP contribution < -0.4 is 5.32 Å². The second-order valence-corrected chi connectivity index (χ2v) is 6.63. The van der Waals surface area contributed by atoms with Crippen LogP contribution in [0.25, 0.3) is 0 Å². The maximum Gasteiger partial charge on any atom is 0.0289 e. The van der Waals surface area contributed by atoms with Crippen molar-refractivity contribution in [2.24, 2.45) is 0 Å². The number of rotatable bonds is 9. The van der Waals surface area contributed by atoms with Gasteiger partial charge in [-0.15, -0.1) is 0 Å². The van der Waals surface area contributed by atoms with Gasteiger partial charge in [-0.1, -0.05) is 43.9 Å². The molecule has 1 atom stereocenters. The smallest absolute Gasteiger partial charge is 0.0289 e. The van der Waals surface area contributed by atoms with Crippen molar-refractivity contribution in [3.63, 3.8) is 0 Å². The summed E-state index contributed by atoms with van der Waals surface area (Å²) in [5.74, 6) is 0. The Bertz CT molecular complexity index is 473. The molecule has 3 heteroatoms. The molecule has 1 rings (SSSR count). The molecular weight excluding hydrogens is 294 g/mol. The van der Waals surface area contributed by atoms with Gasteiger partial charge in [0.25, 0.3) is 0 Å². The molecule has 0 radical (unpaired) electrons. The van der Waals surface area contributed by atoms with E-state index in [1.807, 2.05) is 0 Å². The highest BCUT2D eigenvalue weighted by Gasteiger charge is 2.08. The maximum atomic E-state index is 7.25. The quantitative estimate of drug-likeness (QED) is 0.483. The average molecular weight is 330 g/mol. The summed E-state index contributed by atoms with van der Waals surface area (Å²) in [6, 6.07) is 0.369. The lowest BCUT2D eigenvalue weighted by molar-refractivity contribution is 0.311. The summed E-state index contributed by atoms with van der Waals surface area (Å²) in [7, 11) is 0. The number of hydrogen-bond donors (Lipinski definition) is 2. The molecule has 0 aromatic heterocycles. The van der Waals surface area contributed by atoms with Gasteiger partial charge < -0.3 is 10.7 Å². The Morgan fingerprint density at radius 1 is 1.42 bits per heavy atom. The molecule has 3 nitrogen and oxygen atoms in total. The van der Waals surface area contributed by atoms with E-state index in [1.54, 1.807) is 0 Å². The van der Waals surface area contributed by atoms with Gasteiger partial charge in [-0.25, -0.2) is 0 Å². The van der Waals surface area contributed by atoms with Crippen molar-refractivity contribution in [1.82, 2.24) is 10.2 Å². The molecule has 0 spiro atoms. The lowest BCUT2D eigenvalue weighted by Gasteiger charge is -2.23. The van der Waals surface area contributed by atoms with Crippen molar-refractivity contribution in [3.05, 3.63) is 48.1 Å². The van der Waals surface area contributed by atoms with Gasteiger partial charge in [0.1, 0.15) is 0 Å². The van der Waals surface area contributed by atoms with Gasteiger partial charge in [-0.3, -0.25) is 4.90 Å². The first-order chi connectivity index (χ1) is 11.6. The Morgan fingerprint density at radius 2 is 2.21 bits per heavy atom. The monoisotopic (exact) mass is 329 g/mol. The van der Waals surface area contributed by atoms with E-state index in [9.17, 15) is 0 Å². The maximum absolute atomic E-state index is 7.25. The average Bonchev–Trinajstić information content (AvgIpc) is 2.59. The molecule has 0 aliphatic heterocycles. The standard InChI is InChI=1S/C21H35N3/c1-5-24(17-19(3)16-22)15-14-23-20(4)21-12-8-6-10-18(2)11-7-9-13-21/h8,12-13,16,20,22-23H,2-3,5-7,9-11,14-15,17H2,1,4H3/b12-8+,21-13+,22-16?/t20-/m0/s1. The van der Waals surface area contributed by atoms with E-state index in [1.165, 1.54) is 23.8 Å². The number of allylic oxidation sites excluding steroid dienone is 3. The van der Waals surface area contributed by atoms with E-state index < -0.39 is 0 Å². The van der Waals surface area contributed by atoms with Crippen LogP contribution >= 0.6 is 0 Å². The largest absolute Gasteiger partial charge is 0.309 e. The van der Waals surface area contributed by atoms with Gasteiger partial charge in [0.2, 0.25) is 0 Å². The second-order valence-electron chi connectivity index (χ2n) is 6.63. The molecule has 0 saturated carbocycles. The van der Waals surface area contributed by atoms with Crippen LogP contribution in [0, 0.1) is 5.41 Å². The third kappa shape index (κ3) is 8.42. The molecule has 0 heterocycles. The first-order valence-corrected chi connectivity index (χ1v) is 9.24. The van der Waals surface area contributed by atoms with E-state index in [-0.39, 0.29) is 0 Å². The van der Waals surface area contributed by atoms with Crippen molar-refractivity contribution in [2.75, 3.05) is 26.2 Å². The minimum absolute atomic E-state index is 0.369. The SMILES string of the molecule is C=C(C=N)CN(CC)CCN[C@@H](C)C1=C/CCCC(=C)CC\C=C\1. The van der Waals surface area contributed by atoms with Crippen LogP contribution in [-0.4, -0.2) is 43.3 Å². The van der Waals surface area contributed by atoms with E-state index in [0.717, 1.165) is 57.4 Å². The Kier molecular flexibility index (Phi) is 10.3. The summed E-state index contributed by atoms with van der Waals surface area (Å²) in [5.41, 5.74) is 3.65. The van der Waals surface area contributed by atoms with Crippen LogP contribution in [-0.2, 0) is 0 Å². The Hall–Kier alpha value is -1.45. The van der Waals surface area contributed by atoms with E-state index in [2.05, 4.69) is 55.5 Å². The third-order valence-electron chi connectivity index (χ3n) is 4.55. The first-order valence-electron chi connectivity index (χ1n) is 9.24. The highest BCUT2D eigenvalue weighted by Crippen LogP contribution is 2.17. The highest BCUT2D eigenvalue weighted by molar-refractivity contribution is 5.75. The van der Waals surface area contributed by atoms with Gasteiger partial charge in [0, 0.05) is 31.9 Å². The van der Waals surface area contributed by atoms with Gasteiger partial charge in [0.05, 0.1) is 0 Å². The first kappa shape index (κ1) is 20.6. The van der Waals surface area contributed by atoms with Crippen LogP contribution in [0.1, 0.15) is 46.0 Å². The Labute approximate surface area is 148 Å². The summed E-state index contributed by atoms with van der Waals surface area (Å²) < 4.78 is 0. The lowest BCUT2D eigenvalue weighted by Crippen LogP contribution is -2.37. The second kappa shape index (κ2) is 12.0. The van der Waals surface area contributed by atoms with Crippen molar-refractivity contribution in [2.45, 2.75) is 52.0 Å². The van der Waals surface area contributed by atoms with Gasteiger partial charge in [-0.05, 0) is 56.7 Å². The Morgan fingerprint density at radius 3 is 2.92 bits per heavy atom. The molecule has 1 aliphatic rings. The fourth-order valence-corrected chi connectivity index (χ4v) is 2.88. The number of nitrogens with one attached hydrogen (secondary N) is 2. The molecule has 24 heavy (non-hydrogen) atoms. The molecular formula is C21H35N3. The summed E-state index contributed by atoms with van der Waals surface area (Å²) in [6.07, 6.45) is 14.0. The molecule has 0 saturated heterocycles. The van der Waals surface area contributed by atoms with Crippen LogP contribution in [0.15, 0.2) is 48.1 Å². The fourth-order valence-electron chi connectivity index (χ4n) is 2.88. The van der Waals surface area contributed by atoms with E-state index >= 15 is 0 Å². The van der Waals surface area contributed by atoms with Crippen LogP contribution in [0.4, 0.5) is 0 Å². The number of hydrogen-bond acceptors (Lipinski definition) is 3. The third-order valence-corrected chi connectivity index (χ3v) is 4.55. The van der Waals surface area contributed by atoms with Crippen LogP contribution in [0.5, 0.6) is 0 Å². The summed E-state index contributed by atoms with van der Waals surface area (Å²) in [4.78, 5) is 2.32. The topological polar surface area (TPSA) is 39.1 Å². The zero-order valence-corrected chi connectivity index (χ0v) is 15.6. The lowest BCUT2D eigenvalue weighted by atomic mass is 9.99. The molecule has 0 aromatic rings. The summed E-state index contributed by atoms with van der Waals surface area (Å²) >= 11 is 0. The van der Waals surface area contributed by atoms with Gasteiger partial charge in [-0.2, -0.15) is 0 Å². The van der Waals surface area contributed by atoms with Crippen molar-refractivity contribution in [1.29, 1.82) is 5.41 Å². The fraction of sp³-hybridized carbons (Fsp3) is 0.571. The van der Waals surface area contributed by atoms with E-state index in [0.29, 0.717) is 6.04 Å². The molecule has 1 aliphatic carbocycles. The predicted octanol–water partition coefficient (Wildman–Crippen LogP) is 4.50. The number of likely N-dealkylation sites (N-methyl/N-ethyl adjacent to an activating group) is 1. The summed E-state index contributed by atoms with van der Waals surface area (Å²) in [5, 5.41) is 10.9. The normalized spacial score (nSPS) is 21.0. The zero-order chi connectivity index (χ0) is 17.8. The molecule has 134 valence electrons. The molecule has 0 bridgehead atoms. The summed E-state index contributed by atoms with van der Waals surface area (Å²) in [6.45, 7) is 16.1. The molecule has 0 fully saturated rings. The molecule has 0 unspecified atom stereocenters. The molecule has 2 N–H and O–H groups in total. The minimum atomic E-state index is 0.369. The van der Waals surface area contributed by atoms with Crippen molar-refractivity contribution < 1.29 is 0 Å². The molecule has 0 amide bonds. The van der Waals surface area contributed by atoms with Crippen molar-refractivity contribution >= 4 is 6.21 Å². The minimum Gasteiger partial charge on any atom is -0.309 e. The van der Waals surface area contributed by atoms with E-state index in [4.69, 9.17) is 5.41 Å².